The fraction of sp³-hybridized carbons (Fsp3) is 0.400. The van der Waals surface area contributed by atoms with Gasteiger partial charge in [-0.25, -0.2) is 9.59 Å². The third kappa shape index (κ3) is 29.5. The van der Waals surface area contributed by atoms with Crippen LogP contribution in [-0.2, 0) is 71.8 Å². The van der Waals surface area contributed by atoms with Crippen LogP contribution in [-0.4, -0.2) is 103 Å². The van der Waals surface area contributed by atoms with Crippen LogP contribution < -0.4 is 35.5 Å². The van der Waals surface area contributed by atoms with Crippen molar-refractivity contribution in [3.8, 4) is 17.2 Å². The van der Waals surface area contributed by atoms with Gasteiger partial charge in [-0.1, -0.05) is 193 Å². The molecule has 3 fully saturated rings. The highest BCUT2D eigenvalue weighted by Crippen LogP contribution is 2.40. The van der Waals surface area contributed by atoms with E-state index >= 15 is 0 Å². The van der Waals surface area contributed by atoms with E-state index in [-0.39, 0.29) is 46.1 Å². The van der Waals surface area contributed by atoms with Crippen LogP contribution in [0.1, 0.15) is 239 Å². The number of carbonyl (C=O) groups excluding carboxylic acids is 6. The third-order valence-electron chi connectivity index (χ3n) is 22.4. The van der Waals surface area contributed by atoms with Crippen LogP contribution in [0.2, 0.25) is 0 Å². The van der Waals surface area contributed by atoms with Crippen molar-refractivity contribution in [3.05, 3.63) is 268 Å². The van der Waals surface area contributed by atoms with Crippen molar-refractivity contribution in [2.24, 2.45) is 17.8 Å². The average molecular weight is 1760 g/mol. The second-order valence-electron chi connectivity index (χ2n) is 35.1. The van der Waals surface area contributed by atoms with Gasteiger partial charge < -0.3 is 45.0 Å². The largest absolute Gasteiger partial charge is 0.493 e. The molecule has 0 aliphatic heterocycles. The van der Waals surface area contributed by atoms with Gasteiger partial charge in [0.1, 0.15) is 33.0 Å². The van der Waals surface area contributed by atoms with Gasteiger partial charge in [0.2, 0.25) is 17.7 Å². The molecule has 0 bridgehead atoms. The van der Waals surface area contributed by atoms with Gasteiger partial charge >= 0.3 is 11.9 Å². The number of esters is 2. The minimum Gasteiger partial charge on any atom is -0.493 e. The van der Waals surface area contributed by atoms with Crippen molar-refractivity contribution in [3.63, 3.8) is 0 Å². The molecule has 4 amide bonds. The van der Waals surface area contributed by atoms with Gasteiger partial charge in [-0.2, -0.15) is 8.42 Å². The van der Waals surface area contributed by atoms with Crippen LogP contribution in [0.15, 0.2) is 233 Å². The van der Waals surface area contributed by atoms with Crippen LogP contribution in [0.4, 0.5) is 17.1 Å². The Balaban J connectivity index is 0.000000195. The predicted molar refractivity (Wildman–Crippen MR) is 495 cm³/mol. The molecule has 0 saturated heterocycles. The fourth-order valence-electron chi connectivity index (χ4n) is 14.9. The molecule has 660 valence electrons. The van der Waals surface area contributed by atoms with E-state index in [0.29, 0.717) is 74.4 Å². The Morgan fingerprint density at radius 1 is 0.395 bits per heavy atom. The molecule has 5 N–H and O–H groups in total. The van der Waals surface area contributed by atoms with Gasteiger partial charge in [0.05, 0.1) is 72.5 Å². The summed E-state index contributed by atoms with van der Waals surface area (Å²) < 4.78 is 86.0. The topological polar surface area (TPSA) is 285 Å². The molecule has 24 heteroatoms. The summed E-state index contributed by atoms with van der Waals surface area (Å²) in [6.45, 7) is 21.0. The molecule has 12 rings (SSSR count). The Bertz CT molecular complexity index is 5130. The van der Waals surface area contributed by atoms with Crippen molar-refractivity contribution in [2.75, 3.05) is 62.3 Å². The number of carbonyl (C=O) groups is 6. The Morgan fingerprint density at radius 2 is 0.694 bits per heavy atom. The summed E-state index contributed by atoms with van der Waals surface area (Å²) in [5.41, 5.74) is 8.32. The minimum atomic E-state index is -4.21. The molecular weight excluding hydrogens is 1640 g/mol. The monoisotopic (exact) mass is 1760 g/mol. The van der Waals surface area contributed by atoms with E-state index < -0.39 is 71.0 Å². The second kappa shape index (κ2) is 45.6. The normalized spacial score (nSPS) is 15.4. The lowest BCUT2D eigenvalue weighted by Gasteiger charge is -2.22. The highest BCUT2D eigenvalue weighted by Gasteiger charge is 2.33. The van der Waals surface area contributed by atoms with Crippen molar-refractivity contribution >= 4 is 96.1 Å². The maximum Gasteiger partial charge on any atom is 0.337 e. The highest BCUT2D eigenvalue weighted by molar-refractivity contribution is 8.00. The van der Waals surface area contributed by atoms with Gasteiger partial charge in [-0.15, -0.1) is 11.8 Å². The van der Waals surface area contributed by atoms with Crippen molar-refractivity contribution in [1.82, 2.24) is 5.32 Å². The molecule has 0 heterocycles. The van der Waals surface area contributed by atoms with Crippen LogP contribution >= 0.6 is 11.8 Å². The SMILES string of the molecule is CC(C)(C)c1ccc(C(C(=O)Nc2ccc(OCC3CCCCC3)cc2)S(=O)c2ccc(C(=O)NCCS(=O)(=O)O)cc2)cc1.COC(=O)c1ccc(S(=O)C(C(=O)Nc2ccc(OCC3CCCCC3)cc2)c2ccc(C(C)(C)C)cc2)cc1.COC(=O)c1ccc(SC(C(=O)Nc2ccc(OCC3CCCCC3)cc2)c2ccc(C(C)(C)C)cc2)cc1. The standard InChI is InChI=1S/C34H42N2O7S2.C33H39NO5S.C33H39NO4S/c1-34(2,3)27-13-9-25(10-14-27)31(44(39)30-19-11-26(12-20-30)32(37)35-21-22-45(40,41)42)33(38)36-28-15-17-29(18-16-28)43-23-24-7-5-4-6-8-24;1-33(2,3)26-14-10-24(11-15-26)30(40(37)29-20-12-25(13-21-29)32(36)38-4)31(35)34-27-16-18-28(19-17-27)39-22-23-8-6-5-7-9-23;1-33(2,3)26-14-10-24(11-15-26)30(39-29-20-12-25(13-21-29)32(36)37-4)31(35)34-27-16-18-28(19-17-27)38-22-23-8-6-5-7-9-23/h9-20,24,31H,4-8,21-23H2,1-3H3,(H,35,37)(H,36,38)(H,40,41,42);10-21,23,30H,5-9,22H2,1-4H3,(H,34,35);10-21,23,30H,5-9,22H2,1-4H3,(H,34,35). The van der Waals surface area contributed by atoms with Gasteiger partial charge in [-0.05, 0) is 251 Å². The quantitative estimate of drug-likeness (QED) is 0.0159. The van der Waals surface area contributed by atoms with Gasteiger partial charge in [0.25, 0.3) is 16.0 Å². The van der Waals surface area contributed by atoms with E-state index in [2.05, 4.69) is 95.7 Å². The Kier molecular flexibility index (Phi) is 35.3. The van der Waals surface area contributed by atoms with Gasteiger partial charge in [-0.3, -0.25) is 32.1 Å². The zero-order valence-electron chi connectivity index (χ0n) is 73.1. The lowest BCUT2D eigenvalue weighted by molar-refractivity contribution is -0.116. The van der Waals surface area contributed by atoms with Crippen LogP contribution in [0, 0.1) is 17.8 Å². The first-order chi connectivity index (χ1) is 59.2. The van der Waals surface area contributed by atoms with Gasteiger partial charge in [0, 0.05) is 43.9 Å². The van der Waals surface area contributed by atoms with E-state index in [1.165, 1.54) is 152 Å². The molecule has 0 spiro atoms. The molecule has 20 nitrogen and oxygen atoms in total. The summed E-state index contributed by atoms with van der Waals surface area (Å²) in [5, 5.41) is 8.88. The summed E-state index contributed by atoms with van der Waals surface area (Å²) in [6, 6.07) is 65.0. The molecule has 9 aromatic carbocycles. The molecule has 3 aliphatic rings. The molecule has 3 saturated carbocycles. The highest BCUT2D eigenvalue weighted by atomic mass is 32.2. The molecule has 3 aliphatic carbocycles. The first-order valence-corrected chi connectivity index (χ1v) is 47.7. The minimum absolute atomic E-state index is 0.0218. The molecule has 9 aromatic rings. The number of anilines is 3. The summed E-state index contributed by atoms with van der Waals surface area (Å²) in [5.74, 6) is 1.20. The molecule has 0 radical (unpaired) electrons. The Morgan fingerprint density at radius 3 is 1.00 bits per heavy atom. The van der Waals surface area contributed by atoms with Crippen LogP contribution in [0.25, 0.3) is 0 Å². The van der Waals surface area contributed by atoms with Crippen molar-refractivity contribution in [2.45, 2.75) is 205 Å². The smallest absolute Gasteiger partial charge is 0.337 e. The summed E-state index contributed by atoms with van der Waals surface area (Å²) in [7, 11) is -5.09. The zero-order valence-corrected chi connectivity index (χ0v) is 76.4. The number of methoxy groups -OCH3 is 2. The lowest BCUT2D eigenvalue weighted by Crippen LogP contribution is -2.29. The number of thioether (sulfide) groups is 1. The van der Waals surface area contributed by atoms with Crippen molar-refractivity contribution < 1.29 is 73.8 Å². The number of benzene rings is 9. The van der Waals surface area contributed by atoms with Gasteiger partial charge in [0.15, 0.2) is 0 Å². The Hall–Kier alpha value is -10.2. The van der Waals surface area contributed by atoms with Crippen LogP contribution in [0.3, 0.4) is 0 Å². The number of hydrogen-bond donors (Lipinski definition) is 5. The number of nitrogens with one attached hydrogen (secondary N) is 4. The first-order valence-electron chi connectivity index (χ1n) is 42.8. The molecule has 0 aromatic heterocycles. The van der Waals surface area contributed by atoms with Crippen LogP contribution in [0.5, 0.6) is 17.2 Å². The summed E-state index contributed by atoms with van der Waals surface area (Å²) >= 11 is 1.45. The molecule has 5 unspecified atom stereocenters. The predicted octanol–water partition coefficient (Wildman–Crippen LogP) is 21.5. The van der Waals surface area contributed by atoms with E-state index in [1.54, 1.807) is 48.5 Å². The zero-order chi connectivity index (χ0) is 89.1. The van der Waals surface area contributed by atoms with E-state index in [0.717, 1.165) is 51.1 Å². The average Bonchev–Trinajstić information content (AvgIpc) is 0.809. The number of rotatable bonds is 30. The lowest BCUT2D eigenvalue weighted by atomic mass is 9.86. The van der Waals surface area contributed by atoms with E-state index in [1.807, 2.05) is 133 Å². The van der Waals surface area contributed by atoms with E-state index in [9.17, 15) is 45.6 Å². The maximum absolute atomic E-state index is 13.9. The number of amides is 4. The van der Waals surface area contributed by atoms with Crippen molar-refractivity contribution in [1.29, 1.82) is 0 Å². The number of ether oxygens (including phenoxy) is 5. The first kappa shape index (κ1) is 96.0. The molecule has 5 atom stereocenters. The maximum atomic E-state index is 13.9. The summed E-state index contributed by atoms with van der Waals surface area (Å²) in [6.07, 6.45) is 18.9. The van der Waals surface area contributed by atoms with E-state index in [4.69, 9.17) is 28.2 Å². The number of hydrogen-bond acceptors (Lipinski definition) is 16. The second-order valence-corrected chi connectivity index (χ2v) is 40.9. The Labute approximate surface area is 741 Å². The fourth-order valence-corrected chi connectivity index (χ4v) is 18.9. The third-order valence-corrected chi connectivity index (χ3v) is 27.7. The summed E-state index contributed by atoms with van der Waals surface area (Å²) in [4.78, 5) is 78.7. The molecule has 124 heavy (non-hydrogen) atoms. The molecular formula is C100H120N4O16S4.